The van der Waals surface area contributed by atoms with Gasteiger partial charge in [-0.25, -0.2) is 4.99 Å². The Kier molecular flexibility index (Phi) is 7.74. The minimum atomic E-state index is -0.531. The number of rotatable bonds is 7. The Morgan fingerprint density at radius 1 is 1.16 bits per heavy atom. The lowest BCUT2D eigenvalue weighted by atomic mass is 10.1. The van der Waals surface area contributed by atoms with Crippen molar-refractivity contribution in [2.24, 2.45) is 4.99 Å². The van der Waals surface area contributed by atoms with Gasteiger partial charge in [0.15, 0.2) is 5.17 Å². The van der Waals surface area contributed by atoms with Gasteiger partial charge in [-0.05, 0) is 74.7 Å². The fourth-order valence-corrected chi connectivity index (χ4v) is 4.30. The Balaban J connectivity index is 1.74. The van der Waals surface area contributed by atoms with Crippen LogP contribution in [0.4, 0.5) is 11.4 Å². The first kappa shape index (κ1) is 22.9. The molecule has 164 valence electrons. The van der Waals surface area contributed by atoms with Gasteiger partial charge in [-0.3, -0.25) is 14.5 Å². The van der Waals surface area contributed by atoms with Crippen LogP contribution in [0.5, 0.6) is 5.75 Å². The number of benzene rings is 2. The maximum absolute atomic E-state index is 12.9. The van der Waals surface area contributed by atoms with Crippen LogP contribution in [0.15, 0.2) is 47.5 Å². The molecule has 1 aliphatic rings. The first-order chi connectivity index (χ1) is 14.9. The molecule has 2 amide bonds. The molecule has 7 heteroatoms. The number of nitrogens with zero attached hydrogens (tertiary/aromatic N) is 2. The SMILES string of the molecule is CCCOc1ccc(NC(=O)[C@@H]2CC(=O)N(CC)C(=Nc3ccc(C)c(C)c3)S2)cc1. The molecule has 0 radical (unpaired) electrons. The maximum Gasteiger partial charge on any atom is 0.238 e. The van der Waals surface area contributed by atoms with Gasteiger partial charge in [-0.2, -0.15) is 0 Å². The summed E-state index contributed by atoms with van der Waals surface area (Å²) in [6, 6.07) is 13.2. The van der Waals surface area contributed by atoms with Crippen LogP contribution < -0.4 is 10.1 Å². The van der Waals surface area contributed by atoms with E-state index >= 15 is 0 Å². The molecule has 2 aromatic rings. The average Bonchev–Trinajstić information content (AvgIpc) is 2.75. The van der Waals surface area contributed by atoms with Crippen molar-refractivity contribution in [2.75, 3.05) is 18.5 Å². The molecule has 0 aliphatic carbocycles. The number of carbonyl (C=O) groups excluding carboxylic acids is 2. The lowest BCUT2D eigenvalue weighted by Crippen LogP contribution is -2.45. The van der Waals surface area contributed by atoms with E-state index in [2.05, 4.69) is 12.2 Å². The summed E-state index contributed by atoms with van der Waals surface area (Å²) in [5.74, 6) is 0.472. The fraction of sp³-hybridized carbons (Fsp3) is 0.375. The highest BCUT2D eigenvalue weighted by Crippen LogP contribution is 2.30. The second-order valence-electron chi connectivity index (χ2n) is 7.47. The summed E-state index contributed by atoms with van der Waals surface area (Å²) in [6.07, 6.45) is 1.08. The Hall–Kier alpha value is -2.80. The molecule has 0 spiro atoms. The molecule has 0 unspecified atom stereocenters. The molecule has 0 saturated carbocycles. The van der Waals surface area contributed by atoms with Gasteiger partial charge in [0, 0.05) is 18.7 Å². The number of thioether (sulfide) groups is 1. The zero-order valence-corrected chi connectivity index (χ0v) is 19.3. The van der Waals surface area contributed by atoms with Gasteiger partial charge in [-0.15, -0.1) is 0 Å². The summed E-state index contributed by atoms with van der Waals surface area (Å²) in [4.78, 5) is 31.9. The molecule has 0 aromatic heterocycles. The monoisotopic (exact) mass is 439 g/mol. The number of anilines is 1. The standard InChI is InChI=1S/C24H29N3O3S/c1-5-13-30-20-11-9-18(10-12-20)25-23(29)21-15-22(28)27(6-2)24(31-21)26-19-8-7-16(3)17(4)14-19/h7-12,14,21H,5-6,13,15H2,1-4H3,(H,25,29)/t21-/m0/s1. The lowest BCUT2D eigenvalue weighted by Gasteiger charge is -2.31. The average molecular weight is 440 g/mol. The Labute approximate surface area is 188 Å². The normalized spacial score (nSPS) is 17.7. The minimum absolute atomic E-state index is 0.0905. The highest BCUT2D eigenvalue weighted by atomic mass is 32.2. The van der Waals surface area contributed by atoms with Gasteiger partial charge in [0.05, 0.1) is 12.3 Å². The predicted octanol–water partition coefficient (Wildman–Crippen LogP) is 5.07. The number of hydrogen-bond donors (Lipinski definition) is 1. The van der Waals surface area contributed by atoms with Crippen molar-refractivity contribution in [2.45, 2.75) is 45.8 Å². The number of ether oxygens (including phenoxy) is 1. The van der Waals surface area contributed by atoms with E-state index in [4.69, 9.17) is 9.73 Å². The molecule has 1 N–H and O–H groups in total. The molecular weight excluding hydrogens is 410 g/mol. The van der Waals surface area contributed by atoms with Crippen LogP contribution in [0.25, 0.3) is 0 Å². The van der Waals surface area contributed by atoms with Crippen LogP contribution in [-0.2, 0) is 9.59 Å². The van der Waals surface area contributed by atoms with Crippen LogP contribution in [0.2, 0.25) is 0 Å². The van der Waals surface area contributed by atoms with Crippen molar-refractivity contribution in [1.29, 1.82) is 0 Å². The lowest BCUT2D eigenvalue weighted by molar-refractivity contribution is -0.129. The molecule has 31 heavy (non-hydrogen) atoms. The van der Waals surface area contributed by atoms with E-state index in [1.165, 1.54) is 17.3 Å². The molecule has 1 saturated heterocycles. The van der Waals surface area contributed by atoms with Crippen molar-refractivity contribution < 1.29 is 14.3 Å². The minimum Gasteiger partial charge on any atom is -0.494 e. The van der Waals surface area contributed by atoms with Crippen molar-refractivity contribution in [3.05, 3.63) is 53.6 Å². The van der Waals surface area contributed by atoms with Crippen molar-refractivity contribution in [3.63, 3.8) is 0 Å². The van der Waals surface area contributed by atoms with Crippen molar-refractivity contribution >= 4 is 40.1 Å². The van der Waals surface area contributed by atoms with Crippen molar-refractivity contribution in [3.8, 4) is 5.75 Å². The van der Waals surface area contributed by atoms with Gasteiger partial charge in [0.1, 0.15) is 11.0 Å². The highest BCUT2D eigenvalue weighted by Gasteiger charge is 2.35. The van der Waals surface area contributed by atoms with Crippen LogP contribution in [0.1, 0.15) is 37.8 Å². The fourth-order valence-electron chi connectivity index (χ4n) is 3.14. The largest absolute Gasteiger partial charge is 0.494 e. The highest BCUT2D eigenvalue weighted by molar-refractivity contribution is 8.15. The maximum atomic E-state index is 12.9. The topological polar surface area (TPSA) is 71.0 Å². The number of carbonyl (C=O) groups is 2. The summed E-state index contributed by atoms with van der Waals surface area (Å²) in [7, 11) is 0. The van der Waals surface area contributed by atoms with E-state index in [0.29, 0.717) is 24.0 Å². The Bertz CT molecular complexity index is 973. The zero-order valence-electron chi connectivity index (χ0n) is 18.5. The van der Waals surface area contributed by atoms with Gasteiger partial charge in [0.2, 0.25) is 11.8 Å². The molecular formula is C24H29N3O3S. The first-order valence-corrected chi connectivity index (χ1v) is 11.5. The molecule has 3 rings (SSSR count). The molecule has 6 nitrogen and oxygen atoms in total. The van der Waals surface area contributed by atoms with E-state index in [1.807, 2.05) is 51.1 Å². The second kappa shape index (κ2) is 10.5. The third-order valence-electron chi connectivity index (χ3n) is 5.06. The van der Waals surface area contributed by atoms with Crippen molar-refractivity contribution in [1.82, 2.24) is 4.90 Å². The van der Waals surface area contributed by atoms with Crippen LogP contribution in [0, 0.1) is 13.8 Å². The van der Waals surface area contributed by atoms with E-state index in [0.717, 1.165) is 23.4 Å². The molecule has 1 fully saturated rings. The summed E-state index contributed by atoms with van der Waals surface area (Å²) in [5, 5.41) is 2.94. The molecule has 0 bridgehead atoms. The number of aryl methyl sites for hydroxylation is 2. The number of amidine groups is 1. The number of aliphatic imine (C=N–C) groups is 1. The smallest absolute Gasteiger partial charge is 0.238 e. The van der Waals surface area contributed by atoms with Crippen LogP contribution in [-0.4, -0.2) is 40.3 Å². The molecule has 1 atom stereocenters. The van der Waals surface area contributed by atoms with Gasteiger partial charge in [-0.1, -0.05) is 24.8 Å². The van der Waals surface area contributed by atoms with E-state index in [-0.39, 0.29) is 18.2 Å². The third kappa shape index (κ3) is 5.88. The Morgan fingerprint density at radius 3 is 2.55 bits per heavy atom. The number of nitrogens with one attached hydrogen (secondary N) is 1. The Morgan fingerprint density at radius 2 is 1.90 bits per heavy atom. The summed E-state index contributed by atoms with van der Waals surface area (Å²) in [5.41, 5.74) is 3.78. The van der Waals surface area contributed by atoms with Gasteiger partial charge < -0.3 is 10.1 Å². The quantitative estimate of drug-likeness (QED) is 0.654. The van der Waals surface area contributed by atoms with E-state index < -0.39 is 5.25 Å². The zero-order chi connectivity index (χ0) is 22.4. The summed E-state index contributed by atoms with van der Waals surface area (Å²) in [6.45, 7) is 9.22. The first-order valence-electron chi connectivity index (χ1n) is 10.6. The van der Waals surface area contributed by atoms with Gasteiger partial charge in [0.25, 0.3) is 0 Å². The third-order valence-corrected chi connectivity index (χ3v) is 6.25. The van der Waals surface area contributed by atoms with E-state index in [9.17, 15) is 9.59 Å². The summed E-state index contributed by atoms with van der Waals surface area (Å²) >= 11 is 1.33. The molecule has 2 aromatic carbocycles. The molecule has 1 aliphatic heterocycles. The predicted molar refractivity (Wildman–Crippen MR) is 127 cm³/mol. The van der Waals surface area contributed by atoms with Gasteiger partial charge >= 0.3 is 0 Å². The van der Waals surface area contributed by atoms with E-state index in [1.54, 1.807) is 17.0 Å². The van der Waals surface area contributed by atoms with Crippen LogP contribution >= 0.6 is 11.8 Å². The van der Waals surface area contributed by atoms with Crippen LogP contribution in [0.3, 0.4) is 0 Å². The second-order valence-corrected chi connectivity index (χ2v) is 8.64. The number of hydrogen-bond acceptors (Lipinski definition) is 5. The molecule has 1 heterocycles. The summed E-state index contributed by atoms with van der Waals surface area (Å²) < 4.78 is 5.57. The number of amides is 2.